The molecule has 1 aromatic heterocycles. The molecule has 0 radical (unpaired) electrons. The van der Waals surface area contributed by atoms with Crippen LogP contribution in [0.3, 0.4) is 0 Å². The van der Waals surface area contributed by atoms with Crippen molar-refractivity contribution < 1.29 is 13.2 Å². The van der Waals surface area contributed by atoms with Crippen molar-refractivity contribution in [1.82, 2.24) is 9.97 Å². The van der Waals surface area contributed by atoms with E-state index >= 15 is 0 Å². The molecule has 3 rings (SSSR count). The third-order valence-electron chi connectivity index (χ3n) is 5.42. The number of halogens is 1. The number of rotatable bonds is 4. The van der Waals surface area contributed by atoms with Gasteiger partial charge in [-0.1, -0.05) is 12.8 Å². The second-order valence-corrected chi connectivity index (χ2v) is 10.6. The molecule has 1 aromatic rings. The van der Waals surface area contributed by atoms with Gasteiger partial charge in [0.15, 0.2) is 9.84 Å². The minimum atomic E-state index is -3.36. The van der Waals surface area contributed by atoms with Gasteiger partial charge in [0.1, 0.15) is 10.6 Å². The summed E-state index contributed by atoms with van der Waals surface area (Å²) in [4.78, 5) is 10.7. The zero-order valence-corrected chi connectivity index (χ0v) is 16.6. The number of morpholine rings is 1. The molecule has 0 spiro atoms. The molecule has 1 saturated carbocycles. The highest BCUT2D eigenvalue weighted by Gasteiger charge is 2.44. The van der Waals surface area contributed by atoms with Gasteiger partial charge in [0.25, 0.3) is 0 Å². The van der Waals surface area contributed by atoms with Gasteiger partial charge < -0.3 is 9.64 Å². The molecule has 2 heterocycles. The van der Waals surface area contributed by atoms with E-state index in [1.165, 1.54) is 0 Å². The summed E-state index contributed by atoms with van der Waals surface area (Å²) >= 11 is 6.16. The van der Waals surface area contributed by atoms with E-state index in [9.17, 15) is 8.42 Å². The zero-order valence-electron chi connectivity index (χ0n) is 15.0. The van der Waals surface area contributed by atoms with Crippen LogP contribution in [-0.4, -0.2) is 49.4 Å². The zero-order chi connectivity index (χ0) is 18.2. The lowest BCUT2D eigenvalue weighted by molar-refractivity contribution is 0.0985. The first-order chi connectivity index (χ1) is 11.7. The smallest absolute Gasteiger partial charge is 0.224 e. The first-order valence-electron chi connectivity index (χ1n) is 8.86. The van der Waals surface area contributed by atoms with Crippen molar-refractivity contribution in [3.05, 3.63) is 17.0 Å². The molecular formula is C17H26ClN3O3S. The average Bonchev–Trinajstić information content (AvgIpc) is 3.09. The molecule has 0 bridgehead atoms. The third kappa shape index (κ3) is 3.51. The van der Waals surface area contributed by atoms with Crippen molar-refractivity contribution >= 4 is 27.3 Å². The molecule has 25 heavy (non-hydrogen) atoms. The molecule has 1 aliphatic heterocycles. The Morgan fingerprint density at radius 3 is 2.60 bits per heavy atom. The highest BCUT2D eigenvalue weighted by atomic mass is 35.5. The van der Waals surface area contributed by atoms with Crippen LogP contribution in [0.1, 0.15) is 52.1 Å². The summed E-state index contributed by atoms with van der Waals surface area (Å²) in [6, 6.07) is 1.93. The standard InChI is InChI=1S/C17H26ClN3O3S/c1-12-11-24-9-8-21(12)15-10-14(19-16(18)20-15)17(2,3)25(22,23)13-6-4-5-7-13/h10,12-13H,4-9,11H2,1-3H3/t12-/m0/s1. The van der Waals surface area contributed by atoms with Gasteiger partial charge >= 0.3 is 0 Å². The van der Waals surface area contributed by atoms with Gasteiger partial charge in [0.2, 0.25) is 5.28 Å². The van der Waals surface area contributed by atoms with Crippen LogP contribution in [-0.2, 0) is 19.3 Å². The van der Waals surface area contributed by atoms with Crippen molar-refractivity contribution in [2.24, 2.45) is 0 Å². The summed E-state index contributed by atoms with van der Waals surface area (Å²) in [5.74, 6) is 0.667. The van der Waals surface area contributed by atoms with Crippen LogP contribution in [0, 0.1) is 0 Å². The Hall–Kier alpha value is -0.920. The van der Waals surface area contributed by atoms with Crippen LogP contribution in [0.2, 0.25) is 5.28 Å². The Bertz CT molecular complexity index is 733. The van der Waals surface area contributed by atoms with E-state index in [0.717, 1.165) is 25.7 Å². The normalized spacial score (nSPS) is 23.2. The molecule has 0 N–H and O–H groups in total. The van der Waals surface area contributed by atoms with Gasteiger partial charge in [-0.3, -0.25) is 0 Å². The van der Waals surface area contributed by atoms with E-state index in [0.29, 0.717) is 31.3 Å². The fourth-order valence-corrected chi connectivity index (χ4v) is 6.05. The predicted octanol–water partition coefficient (Wildman–Crippen LogP) is 2.95. The minimum absolute atomic E-state index is 0.0842. The van der Waals surface area contributed by atoms with Crippen molar-refractivity contribution in [2.45, 2.75) is 62.5 Å². The van der Waals surface area contributed by atoms with Gasteiger partial charge in [-0.25, -0.2) is 18.4 Å². The number of aromatic nitrogens is 2. The maximum atomic E-state index is 13.2. The fourth-order valence-electron chi connectivity index (χ4n) is 3.69. The summed E-state index contributed by atoms with van der Waals surface area (Å²) in [6.07, 6.45) is 3.41. The van der Waals surface area contributed by atoms with Gasteiger partial charge in [0.05, 0.1) is 30.2 Å². The lowest BCUT2D eigenvalue weighted by atomic mass is 10.1. The number of anilines is 1. The SMILES string of the molecule is C[C@H]1COCCN1c1cc(C(C)(C)S(=O)(=O)C2CCCC2)nc(Cl)n1. The van der Waals surface area contributed by atoms with Gasteiger partial charge in [-0.05, 0) is 45.2 Å². The first kappa shape index (κ1) is 18.9. The van der Waals surface area contributed by atoms with Crippen molar-refractivity contribution in [3.8, 4) is 0 Å². The molecule has 0 aromatic carbocycles. The van der Waals surface area contributed by atoms with E-state index in [2.05, 4.69) is 21.8 Å². The summed E-state index contributed by atoms with van der Waals surface area (Å²) in [6.45, 7) is 7.43. The van der Waals surface area contributed by atoms with E-state index in [1.807, 2.05) is 0 Å². The maximum Gasteiger partial charge on any atom is 0.224 e. The van der Waals surface area contributed by atoms with E-state index in [-0.39, 0.29) is 16.6 Å². The second-order valence-electron chi connectivity index (χ2n) is 7.46. The highest BCUT2D eigenvalue weighted by molar-refractivity contribution is 7.92. The van der Waals surface area contributed by atoms with Crippen molar-refractivity contribution in [2.75, 3.05) is 24.7 Å². The quantitative estimate of drug-likeness (QED) is 0.739. The third-order valence-corrected chi connectivity index (χ3v) is 8.57. The van der Waals surface area contributed by atoms with Gasteiger partial charge in [0, 0.05) is 12.6 Å². The molecule has 1 saturated heterocycles. The summed E-state index contributed by atoms with van der Waals surface area (Å²) in [5, 5.41) is -0.206. The molecule has 0 amide bonds. The lowest BCUT2D eigenvalue weighted by Crippen LogP contribution is -2.44. The molecule has 1 atom stereocenters. The lowest BCUT2D eigenvalue weighted by Gasteiger charge is -2.35. The molecule has 140 valence electrons. The summed E-state index contributed by atoms with van der Waals surface area (Å²) in [7, 11) is -3.36. The average molecular weight is 388 g/mol. The van der Waals surface area contributed by atoms with Crippen LogP contribution < -0.4 is 4.90 Å². The van der Waals surface area contributed by atoms with Gasteiger partial charge in [-0.15, -0.1) is 0 Å². The van der Waals surface area contributed by atoms with E-state index in [1.54, 1.807) is 19.9 Å². The Kier molecular flexibility index (Phi) is 5.28. The monoisotopic (exact) mass is 387 g/mol. The predicted molar refractivity (Wildman–Crippen MR) is 98.9 cm³/mol. The molecule has 0 unspecified atom stereocenters. The second kappa shape index (κ2) is 7.00. The summed E-state index contributed by atoms with van der Waals surface area (Å²) < 4.78 is 30.7. The Labute approximate surface area is 154 Å². The Morgan fingerprint density at radius 2 is 1.96 bits per heavy atom. The first-order valence-corrected chi connectivity index (χ1v) is 10.8. The number of hydrogen-bond acceptors (Lipinski definition) is 6. The molecule has 2 fully saturated rings. The van der Waals surface area contributed by atoms with Crippen LogP contribution in [0.5, 0.6) is 0 Å². The topological polar surface area (TPSA) is 72.4 Å². The number of ether oxygens (including phenoxy) is 1. The van der Waals surface area contributed by atoms with Crippen LogP contribution in [0.25, 0.3) is 0 Å². The molecule has 1 aliphatic carbocycles. The number of hydrogen-bond donors (Lipinski definition) is 0. The molecule has 6 nitrogen and oxygen atoms in total. The van der Waals surface area contributed by atoms with Crippen LogP contribution in [0.15, 0.2) is 6.07 Å². The van der Waals surface area contributed by atoms with Crippen LogP contribution >= 0.6 is 11.6 Å². The Balaban J connectivity index is 1.98. The molecule has 2 aliphatic rings. The number of nitrogens with zero attached hydrogens (tertiary/aromatic N) is 3. The molecular weight excluding hydrogens is 362 g/mol. The fraction of sp³-hybridized carbons (Fsp3) is 0.765. The van der Waals surface area contributed by atoms with Crippen molar-refractivity contribution in [3.63, 3.8) is 0 Å². The maximum absolute atomic E-state index is 13.2. The highest BCUT2D eigenvalue weighted by Crippen LogP contribution is 2.38. The number of sulfone groups is 1. The van der Waals surface area contributed by atoms with Gasteiger partial charge in [-0.2, -0.15) is 0 Å². The largest absolute Gasteiger partial charge is 0.377 e. The van der Waals surface area contributed by atoms with Crippen molar-refractivity contribution in [1.29, 1.82) is 0 Å². The van der Waals surface area contributed by atoms with Crippen LogP contribution in [0.4, 0.5) is 5.82 Å². The summed E-state index contributed by atoms with van der Waals surface area (Å²) in [5.41, 5.74) is 0.466. The Morgan fingerprint density at radius 1 is 1.28 bits per heavy atom. The minimum Gasteiger partial charge on any atom is -0.377 e. The van der Waals surface area contributed by atoms with E-state index < -0.39 is 14.6 Å². The molecule has 8 heteroatoms. The van der Waals surface area contributed by atoms with E-state index in [4.69, 9.17) is 16.3 Å².